The molecule has 0 atom stereocenters. The summed E-state index contributed by atoms with van der Waals surface area (Å²) in [6.45, 7) is 8.44. The van der Waals surface area contributed by atoms with Gasteiger partial charge in [0.2, 0.25) is 5.96 Å². The number of hydrogen-bond donors (Lipinski definition) is 3. The van der Waals surface area contributed by atoms with Crippen molar-refractivity contribution in [2.24, 2.45) is 10.8 Å². The molecule has 1 rings (SSSR count). The number of guanidine groups is 1. The molecule has 0 amide bonds. The maximum Gasteiger partial charge on any atom is 0.205 e. The zero-order valence-corrected chi connectivity index (χ0v) is 12.6. The lowest BCUT2D eigenvalue weighted by Crippen LogP contribution is -2.47. The lowest BCUT2D eigenvalue weighted by Gasteiger charge is -2.24. The Bertz CT molecular complexity index is 248. The molecule has 1 aliphatic carbocycles. The van der Waals surface area contributed by atoms with Crippen LogP contribution < -0.4 is 16.6 Å². The molecule has 1 aliphatic rings. The van der Waals surface area contributed by atoms with Crippen LogP contribution in [-0.4, -0.2) is 43.1 Å². The van der Waals surface area contributed by atoms with E-state index in [9.17, 15) is 0 Å². The van der Waals surface area contributed by atoms with E-state index in [0.29, 0.717) is 6.04 Å². The highest BCUT2D eigenvalue weighted by molar-refractivity contribution is 5.79. The maximum absolute atomic E-state index is 5.54. The van der Waals surface area contributed by atoms with Gasteiger partial charge in [0, 0.05) is 12.6 Å². The number of rotatable bonds is 7. The minimum atomic E-state index is 0.543. The molecule has 0 unspecified atom stereocenters. The summed E-state index contributed by atoms with van der Waals surface area (Å²) in [6, 6.07) is 0.543. The van der Waals surface area contributed by atoms with E-state index in [0.717, 1.165) is 32.1 Å². The molecule has 5 nitrogen and oxygen atoms in total. The molecular formula is C14H31N5. The fourth-order valence-electron chi connectivity index (χ4n) is 2.62. The maximum atomic E-state index is 5.54. The number of nitrogens with two attached hydrogens (primary N) is 1. The molecule has 4 N–H and O–H groups in total. The first-order valence-corrected chi connectivity index (χ1v) is 7.80. The summed E-state index contributed by atoms with van der Waals surface area (Å²) in [5.41, 5.74) is 2.69. The van der Waals surface area contributed by atoms with Crippen LogP contribution in [0, 0.1) is 0 Å². The standard InChI is InChI=1S/C14H31N5/c1-3-11-19(4-2)12-10-16-14(18-15)17-13-8-6-5-7-9-13/h13H,3-12,15H2,1-2H3,(H2,16,17,18). The molecule has 0 saturated heterocycles. The van der Waals surface area contributed by atoms with Crippen molar-refractivity contribution < 1.29 is 0 Å². The molecule has 19 heavy (non-hydrogen) atoms. The van der Waals surface area contributed by atoms with E-state index in [1.807, 2.05) is 0 Å². The third-order valence-electron chi connectivity index (χ3n) is 3.76. The van der Waals surface area contributed by atoms with Crippen LogP contribution >= 0.6 is 0 Å². The molecule has 5 heteroatoms. The summed E-state index contributed by atoms with van der Waals surface area (Å²) in [4.78, 5) is 6.95. The number of hydrazine groups is 1. The number of hydrogen-bond acceptors (Lipinski definition) is 3. The molecule has 112 valence electrons. The summed E-state index contributed by atoms with van der Waals surface area (Å²) < 4.78 is 0. The van der Waals surface area contributed by atoms with Crippen molar-refractivity contribution in [2.45, 2.75) is 58.4 Å². The SMILES string of the molecule is CCCN(CC)CCN=C(NN)NC1CCCCC1. The molecule has 1 saturated carbocycles. The van der Waals surface area contributed by atoms with Crippen LogP contribution in [0.3, 0.4) is 0 Å². The number of nitrogens with zero attached hydrogens (tertiary/aromatic N) is 2. The number of likely N-dealkylation sites (N-methyl/N-ethyl adjacent to an activating group) is 1. The zero-order valence-electron chi connectivity index (χ0n) is 12.6. The highest BCUT2D eigenvalue weighted by Crippen LogP contribution is 2.17. The van der Waals surface area contributed by atoms with Crippen molar-refractivity contribution >= 4 is 5.96 Å². The topological polar surface area (TPSA) is 65.7 Å². The Kier molecular flexibility index (Phi) is 8.58. The van der Waals surface area contributed by atoms with Gasteiger partial charge in [-0.3, -0.25) is 10.4 Å². The van der Waals surface area contributed by atoms with Gasteiger partial charge in [-0.1, -0.05) is 33.1 Å². The molecule has 0 spiro atoms. The molecule has 0 bridgehead atoms. The van der Waals surface area contributed by atoms with E-state index in [2.05, 4.69) is 34.5 Å². The summed E-state index contributed by atoms with van der Waals surface area (Å²) >= 11 is 0. The monoisotopic (exact) mass is 269 g/mol. The summed E-state index contributed by atoms with van der Waals surface area (Å²) in [5, 5.41) is 3.42. The van der Waals surface area contributed by atoms with Crippen molar-refractivity contribution in [1.29, 1.82) is 0 Å². The van der Waals surface area contributed by atoms with Gasteiger partial charge in [0.25, 0.3) is 0 Å². The van der Waals surface area contributed by atoms with Crippen LogP contribution in [0.4, 0.5) is 0 Å². The van der Waals surface area contributed by atoms with Crippen molar-refractivity contribution in [3.63, 3.8) is 0 Å². The van der Waals surface area contributed by atoms with Gasteiger partial charge in [-0.2, -0.15) is 0 Å². The van der Waals surface area contributed by atoms with Gasteiger partial charge in [-0.25, -0.2) is 5.84 Å². The fourth-order valence-corrected chi connectivity index (χ4v) is 2.62. The molecule has 0 aromatic carbocycles. The largest absolute Gasteiger partial charge is 0.353 e. The second-order valence-corrected chi connectivity index (χ2v) is 5.29. The Morgan fingerprint density at radius 3 is 2.53 bits per heavy atom. The van der Waals surface area contributed by atoms with E-state index >= 15 is 0 Å². The highest BCUT2D eigenvalue weighted by atomic mass is 15.3. The number of nitrogens with one attached hydrogen (secondary N) is 2. The van der Waals surface area contributed by atoms with E-state index in [1.165, 1.54) is 38.5 Å². The first-order chi connectivity index (χ1) is 9.30. The molecule has 0 aromatic rings. The van der Waals surface area contributed by atoms with E-state index < -0.39 is 0 Å². The second kappa shape index (κ2) is 10.0. The Hall–Kier alpha value is -0.810. The second-order valence-electron chi connectivity index (χ2n) is 5.29. The average Bonchev–Trinajstić information content (AvgIpc) is 2.46. The van der Waals surface area contributed by atoms with Gasteiger partial charge in [-0.05, 0) is 32.4 Å². The first kappa shape index (κ1) is 16.2. The molecular weight excluding hydrogens is 238 g/mol. The predicted octanol–water partition coefficient (Wildman–Crippen LogP) is 1.46. The van der Waals surface area contributed by atoms with Gasteiger partial charge in [0.1, 0.15) is 0 Å². The van der Waals surface area contributed by atoms with Crippen molar-refractivity contribution in [1.82, 2.24) is 15.6 Å². The smallest absolute Gasteiger partial charge is 0.205 e. The average molecular weight is 269 g/mol. The molecule has 0 heterocycles. The lowest BCUT2D eigenvalue weighted by atomic mass is 9.96. The quantitative estimate of drug-likeness (QED) is 0.283. The van der Waals surface area contributed by atoms with Crippen molar-refractivity contribution in [3.05, 3.63) is 0 Å². The molecule has 0 aliphatic heterocycles. The lowest BCUT2D eigenvalue weighted by molar-refractivity contribution is 0.297. The van der Waals surface area contributed by atoms with Gasteiger partial charge in [0.15, 0.2) is 0 Å². The molecule has 0 radical (unpaired) electrons. The van der Waals surface area contributed by atoms with Crippen LogP contribution in [-0.2, 0) is 0 Å². The zero-order chi connectivity index (χ0) is 13.9. The summed E-state index contributed by atoms with van der Waals surface area (Å²) in [7, 11) is 0. The number of aliphatic imine (C=N–C) groups is 1. The predicted molar refractivity (Wildman–Crippen MR) is 82.0 cm³/mol. The fraction of sp³-hybridized carbons (Fsp3) is 0.929. The summed E-state index contributed by atoms with van der Waals surface area (Å²) in [6.07, 6.45) is 7.66. The van der Waals surface area contributed by atoms with Crippen LogP contribution in [0.15, 0.2) is 4.99 Å². The Balaban J connectivity index is 2.29. The van der Waals surface area contributed by atoms with Gasteiger partial charge < -0.3 is 10.2 Å². The van der Waals surface area contributed by atoms with E-state index in [4.69, 9.17) is 5.84 Å². The van der Waals surface area contributed by atoms with Crippen LogP contribution in [0.1, 0.15) is 52.4 Å². The van der Waals surface area contributed by atoms with E-state index in [-0.39, 0.29) is 0 Å². The molecule has 1 fully saturated rings. The van der Waals surface area contributed by atoms with E-state index in [1.54, 1.807) is 0 Å². The van der Waals surface area contributed by atoms with Crippen molar-refractivity contribution in [2.75, 3.05) is 26.2 Å². The Morgan fingerprint density at radius 2 is 1.95 bits per heavy atom. The third kappa shape index (κ3) is 6.78. The van der Waals surface area contributed by atoms with Gasteiger partial charge in [-0.15, -0.1) is 0 Å². The Labute approximate surface area is 118 Å². The van der Waals surface area contributed by atoms with Crippen LogP contribution in [0.25, 0.3) is 0 Å². The van der Waals surface area contributed by atoms with Crippen LogP contribution in [0.2, 0.25) is 0 Å². The minimum absolute atomic E-state index is 0.543. The summed E-state index contributed by atoms with van der Waals surface area (Å²) in [5.74, 6) is 6.29. The van der Waals surface area contributed by atoms with Gasteiger partial charge in [0.05, 0.1) is 6.54 Å². The minimum Gasteiger partial charge on any atom is -0.353 e. The van der Waals surface area contributed by atoms with Crippen LogP contribution in [0.5, 0.6) is 0 Å². The van der Waals surface area contributed by atoms with Crippen molar-refractivity contribution in [3.8, 4) is 0 Å². The normalized spacial score (nSPS) is 17.8. The Morgan fingerprint density at radius 1 is 1.21 bits per heavy atom. The third-order valence-corrected chi connectivity index (χ3v) is 3.76. The molecule has 0 aromatic heterocycles. The highest BCUT2D eigenvalue weighted by Gasteiger charge is 2.14. The first-order valence-electron chi connectivity index (χ1n) is 7.80. The van der Waals surface area contributed by atoms with Gasteiger partial charge >= 0.3 is 0 Å².